The van der Waals surface area contributed by atoms with Gasteiger partial charge in [-0.25, -0.2) is 4.39 Å². The fourth-order valence-corrected chi connectivity index (χ4v) is 2.28. The molecule has 17 heavy (non-hydrogen) atoms. The molecule has 1 heterocycles. The third-order valence-electron chi connectivity index (χ3n) is 3.07. The van der Waals surface area contributed by atoms with Crippen molar-refractivity contribution in [1.82, 2.24) is 4.90 Å². The van der Waals surface area contributed by atoms with Gasteiger partial charge in [-0.1, -0.05) is 12.1 Å². The molecule has 1 aliphatic heterocycles. The first-order valence-electron chi connectivity index (χ1n) is 5.92. The van der Waals surface area contributed by atoms with Gasteiger partial charge >= 0.3 is 0 Å². The molecule has 0 amide bonds. The number of methoxy groups -OCH3 is 1. The molecule has 2 rings (SSSR count). The number of nitrogens with two attached hydrogens (primary N) is 1. The minimum absolute atomic E-state index is 0.0444. The van der Waals surface area contributed by atoms with E-state index in [9.17, 15) is 4.39 Å². The number of hydrogen-bond donors (Lipinski definition) is 1. The molecule has 1 saturated heterocycles. The summed E-state index contributed by atoms with van der Waals surface area (Å²) >= 11 is 0. The van der Waals surface area contributed by atoms with E-state index in [-0.39, 0.29) is 6.04 Å². The number of alkyl halides is 1. The molecule has 3 nitrogen and oxygen atoms in total. The third kappa shape index (κ3) is 3.41. The molecule has 2 atom stereocenters. The van der Waals surface area contributed by atoms with E-state index < -0.39 is 6.17 Å². The van der Waals surface area contributed by atoms with Crippen LogP contribution in [0.4, 0.5) is 4.39 Å². The van der Waals surface area contributed by atoms with Crippen LogP contribution in [-0.4, -0.2) is 37.3 Å². The van der Waals surface area contributed by atoms with Crippen LogP contribution in [-0.2, 0) is 6.54 Å². The first kappa shape index (κ1) is 12.3. The van der Waals surface area contributed by atoms with E-state index >= 15 is 0 Å². The van der Waals surface area contributed by atoms with Gasteiger partial charge in [0.1, 0.15) is 11.9 Å². The van der Waals surface area contributed by atoms with Gasteiger partial charge in [-0.3, -0.25) is 4.90 Å². The summed E-state index contributed by atoms with van der Waals surface area (Å²) in [5.41, 5.74) is 6.97. The van der Waals surface area contributed by atoms with Crippen LogP contribution in [0.25, 0.3) is 0 Å². The maximum atomic E-state index is 13.4. The highest BCUT2D eigenvalue weighted by molar-refractivity contribution is 5.27. The van der Waals surface area contributed by atoms with Crippen molar-refractivity contribution in [3.8, 4) is 5.75 Å². The van der Waals surface area contributed by atoms with Gasteiger partial charge in [-0.05, 0) is 24.1 Å². The summed E-state index contributed by atoms with van der Waals surface area (Å²) in [7, 11) is 1.65. The van der Waals surface area contributed by atoms with Crippen LogP contribution in [0.1, 0.15) is 12.0 Å². The average molecular weight is 238 g/mol. The lowest BCUT2D eigenvalue weighted by atomic mass is 10.0. The SMILES string of the molecule is COc1ccc(CN2C[C@H](N)C[C@@H](F)C2)cc1. The Hall–Kier alpha value is -1.13. The van der Waals surface area contributed by atoms with Crippen molar-refractivity contribution in [3.05, 3.63) is 29.8 Å². The topological polar surface area (TPSA) is 38.5 Å². The number of ether oxygens (including phenoxy) is 1. The summed E-state index contributed by atoms with van der Waals surface area (Å²) in [6.45, 7) is 2.00. The van der Waals surface area contributed by atoms with Gasteiger partial charge in [-0.15, -0.1) is 0 Å². The maximum absolute atomic E-state index is 13.4. The van der Waals surface area contributed by atoms with E-state index in [1.165, 1.54) is 0 Å². The van der Waals surface area contributed by atoms with Crippen molar-refractivity contribution in [1.29, 1.82) is 0 Å². The normalized spacial score (nSPS) is 25.8. The lowest BCUT2D eigenvalue weighted by molar-refractivity contribution is 0.118. The first-order chi connectivity index (χ1) is 8.17. The summed E-state index contributed by atoms with van der Waals surface area (Å²) < 4.78 is 18.5. The zero-order chi connectivity index (χ0) is 12.3. The minimum Gasteiger partial charge on any atom is -0.497 e. The summed E-state index contributed by atoms with van der Waals surface area (Å²) in [5.74, 6) is 0.840. The van der Waals surface area contributed by atoms with Crippen molar-refractivity contribution in [2.75, 3.05) is 20.2 Å². The van der Waals surface area contributed by atoms with Crippen LogP contribution >= 0.6 is 0 Å². The highest BCUT2D eigenvalue weighted by Crippen LogP contribution is 2.17. The maximum Gasteiger partial charge on any atom is 0.118 e. The van der Waals surface area contributed by atoms with Crippen molar-refractivity contribution < 1.29 is 9.13 Å². The number of nitrogens with zero attached hydrogens (tertiary/aromatic N) is 1. The predicted octanol–water partition coefficient (Wildman–Crippen LogP) is 1.57. The number of halogens is 1. The molecular formula is C13H19FN2O. The average Bonchev–Trinajstić information content (AvgIpc) is 2.28. The second-order valence-corrected chi connectivity index (χ2v) is 4.64. The Morgan fingerprint density at radius 2 is 2.06 bits per heavy atom. The molecule has 94 valence electrons. The Morgan fingerprint density at radius 1 is 1.35 bits per heavy atom. The zero-order valence-corrected chi connectivity index (χ0v) is 10.1. The van der Waals surface area contributed by atoms with Gasteiger partial charge in [0.15, 0.2) is 0 Å². The fourth-order valence-electron chi connectivity index (χ4n) is 2.28. The van der Waals surface area contributed by atoms with Crippen LogP contribution < -0.4 is 10.5 Å². The van der Waals surface area contributed by atoms with Gasteiger partial charge < -0.3 is 10.5 Å². The van der Waals surface area contributed by atoms with Crippen LogP contribution in [0.15, 0.2) is 24.3 Å². The Balaban J connectivity index is 1.95. The van der Waals surface area contributed by atoms with E-state index in [0.717, 1.165) is 24.4 Å². The van der Waals surface area contributed by atoms with Gasteiger partial charge in [-0.2, -0.15) is 0 Å². The number of piperidine rings is 1. The molecule has 0 unspecified atom stereocenters. The van der Waals surface area contributed by atoms with E-state index in [1.54, 1.807) is 7.11 Å². The van der Waals surface area contributed by atoms with Crippen LogP contribution in [0.3, 0.4) is 0 Å². The number of benzene rings is 1. The van der Waals surface area contributed by atoms with Crippen molar-refractivity contribution in [3.63, 3.8) is 0 Å². The molecule has 0 spiro atoms. The highest BCUT2D eigenvalue weighted by atomic mass is 19.1. The number of likely N-dealkylation sites (tertiary alicyclic amines) is 1. The Labute approximate surface area is 101 Å². The molecule has 0 aliphatic carbocycles. The smallest absolute Gasteiger partial charge is 0.118 e. The molecule has 4 heteroatoms. The third-order valence-corrected chi connectivity index (χ3v) is 3.07. The lowest BCUT2D eigenvalue weighted by Crippen LogP contribution is -2.47. The van der Waals surface area contributed by atoms with E-state index in [4.69, 9.17) is 10.5 Å². The molecule has 1 aromatic carbocycles. The van der Waals surface area contributed by atoms with E-state index in [1.807, 2.05) is 24.3 Å². The number of hydrogen-bond acceptors (Lipinski definition) is 3. The van der Waals surface area contributed by atoms with Crippen LogP contribution in [0.2, 0.25) is 0 Å². The van der Waals surface area contributed by atoms with E-state index in [0.29, 0.717) is 13.0 Å². The van der Waals surface area contributed by atoms with E-state index in [2.05, 4.69) is 4.90 Å². The lowest BCUT2D eigenvalue weighted by Gasteiger charge is -2.32. The predicted molar refractivity (Wildman–Crippen MR) is 65.8 cm³/mol. The molecular weight excluding hydrogens is 219 g/mol. The Kier molecular flexibility index (Phi) is 3.97. The largest absolute Gasteiger partial charge is 0.497 e. The molecule has 1 aliphatic rings. The molecule has 0 bridgehead atoms. The number of rotatable bonds is 3. The van der Waals surface area contributed by atoms with Crippen molar-refractivity contribution in [2.45, 2.75) is 25.2 Å². The molecule has 0 saturated carbocycles. The monoisotopic (exact) mass is 238 g/mol. The summed E-state index contributed by atoms with van der Waals surface area (Å²) in [6, 6.07) is 7.81. The van der Waals surface area contributed by atoms with Crippen molar-refractivity contribution >= 4 is 0 Å². The first-order valence-corrected chi connectivity index (χ1v) is 5.92. The standard InChI is InChI=1S/C13H19FN2O/c1-17-13-4-2-10(3-5-13)7-16-8-11(14)6-12(15)9-16/h2-5,11-12H,6-9,15H2,1H3/t11-,12-/m1/s1. The quantitative estimate of drug-likeness (QED) is 0.868. The van der Waals surface area contributed by atoms with Gasteiger partial charge in [0.05, 0.1) is 7.11 Å². The van der Waals surface area contributed by atoms with Gasteiger partial charge in [0.25, 0.3) is 0 Å². The van der Waals surface area contributed by atoms with Gasteiger partial charge in [0.2, 0.25) is 0 Å². The highest BCUT2D eigenvalue weighted by Gasteiger charge is 2.24. The summed E-state index contributed by atoms with van der Waals surface area (Å²) in [5, 5.41) is 0. The van der Waals surface area contributed by atoms with Crippen LogP contribution in [0.5, 0.6) is 5.75 Å². The summed E-state index contributed by atoms with van der Waals surface area (Å²) in [4.78, 5) is 2.07. The van der Waals surface area contributed by atoms with Crippen LogP contribution in [0, 0.1) is 0 Å². The molecule has 2 N–H and O–H groups in total. The Morgan fingerprint density at radius 3 is 2.65 bits per heavy atom. The molecule has 1 fully saturated rings. The fraction of sp³-hybridized carbons (Fsp3) is 0.538. The second kappa shape index (κ2) is 5.47. The van der Waals surface area contributed by atoms with Gasteiger partial charge in [0, 0.05) is 25.7 Å². The second-order valence-electron chi connectivity index (χ2n) is 4.64. The van der Waals surface area contributed by atoms with Crippen molar-refractivity contribution in [2.24, 2.45) is 5.73 Å². The zero-order valence-electron chi connectivity index (χ0n) is 10.1. The molecule has 0 aromatic heterocycles. The summed E-state index contributed by atoms with van der Waals surface area (Å²) in [6.07, 6.45) is -0.309. The Bertz CT molecular complexity index is 345. The molecule has 1 aromatic rings. The molecule has 0 radical (unpaired) electrons. The minimum atomic E-state index is -0.794.